The van der Waals surface area contributed by atoms with Gasteiger partial charge in [0.15, 0.2) is 0 Å². The molecule has 28 heavy (non-hydrogen) atoms. The Bertz CT molecular complexity index is 978. The molecule has 1 aromatic carbocycles. The van der Waals surface area contributed by atoms with E-state index in [1.807, 2.05) is 24.3 Å². The molecule has 0 spiro atoms. The maximum absolute atomic E-state index is 10.3. The van der Waals surface area contributed by atoms with Crippen LogP contribution in [0.1, 0.15) is 13.3 Å². The molecule has 146 valence electrons. The molecular formula is C20H24N6O2. The molecule has 1 fully saturated rings. The molecule has 1 aliphatic heterocycles. The topological polar surface area (TPSA) is 109 Å². The highest BCUT2D eigenvalue weighted by Crippen LogP contribution is 2.31. The van der Waals surface area contributed by atoms with E-state index >= 15 is 0 Å². The van der Waals surface area contributed by atoms with E-state index < -0.39 is 0 Å². The molecule has 0 amide bonds. The predicted octanol–water partition coefficient (Wildman–Crippen LogP) is 2.57. The van der Waals surface area contributed by atoms with Gasteiger partial charge in [0.05, 0.1) is 30.5 Å². The summed E-state index contributed by atoms with van der Waals surface area (Å²) in [5, 5.41) is 14.2. The highest BCUT2D eigenvalue weighted by Gasteiger charge is 2.26. The van der Waals surface area contributed by atoms with Gasteiger partial charge in [0.1, 0.15) is 17.1 Å². The van der Waals surface area contributed by atoms with E-state index in [4.69, 9.17) is 15.5 Å². The van der Waals surface area contributed by atoms with E-state index in [2.05, 4.69) is 27.1 Å². The number of nitrogens with zero attached hydrogens (tertiary/aromatic N) is 4. The van der Waals surface area contributed by atoms with Gasteiger partial charge in [0, 0.05) is 25.0 Å². The number of nitrogen functional groups attached to an aromatic ring is 1. The lowest BCUT2D eigenvalue weighted by Gasteiger charge is -2.35. The summed E-state index contributed by atoms with van der Waals surface area (Å²) in [4.78, 5) is 15.5. The van der Waals surface area contributed by atoms with Crippen LogP contribution in [0.15, 0.2) is 36.7 Å². The lowest BCUT2D eigenvalue weighted by atomic mass is 9.95. The lowest BCUT2D eigenvalue weighted by Crippen LogP contribution is -2.43. The Labute approximate surface area is 163 Å². The second kappa shape index (κ2) is 7.47. The number of aromatic nitrogens is 3. The van der Waals surface area contributed by atoms with Crippen molar-refractivity contribution in [2.75, 3.05) is 36.1 Å². The second-order valence-corrected chi connectivity index (χ2v) is 7.12. The average molecular weight is 380 g/mol. The number of nitrogens with one attached hydrogen (secondary N) is 1. The molecule has 3 heterocycles. The Balaban J connectivity index is 1.68. The molecule has 0 saturated carbocycles. The average Bonchev–Trinajstić information content (AvgIpc) is 2.71. The molecule has 0 radical (unpaired) electrons. The molecule has 4 rings (SSSR count). The van der Waals surface area contributed by atoms with Crippen molar-refractivity contribution in [3.05, 3.63) is 36.7 Å². The fourth-order valence-corrected chi connectivity index (χ4v) is 3.39. The fraction of sp³-hybridized carbons (Fsp3) is 0.350. The standard InChI is InChI=1S/C20H24N6O2/c1-12-7-8-26(11-17(12)27)16-10-22-19(21)15-9-23-20(25-18(15)16)24-13-3-5-14(28-2)6-4-13/h3-6,9-10,12,17,27H,7-8,11H2,1-2H3,(H2,21,22)(H,23,24,25)/t12-,17-/m1/s1. The molecule has 0 aliphatic carbocycles. The summed E-state index contributed by atoms with van der Waals surface area (Å²) < 4.78 is 5.18. The molecule has 2 aromatic heterocycles. The van der Waals surface area contributed by atoms with Crippen LogP contribution in [0.2, 0.25) is 0 Å². The van der Waals surface area contributed by atoms with Gasteiger partial charge in [0.2, 0.25) is 5.95 Å². The molecule has 0 bridgehead atoms. The van der Waals surface area contributed by atoms with Crippen molar-refractivity contribution < 1.29 is 9.84 Å². The predicted molar refractivity (Wildman–Crippen MR) is 110 cm³/mol. The highest BCUT2D eigenvalue weighted by molar-refractivity contribution is 5.96. The Kier molecular flexibility index (Phi) is 4.87. The number of nitrogens with two attached hydrogens (primary N) is 1. The fourth-order valence-electron chi connectivity index (χ4n) is 3.39. The number of aliphatic hydroxyl groups is 1. The van der Waals surface area contributed by atoms with Crippen LogP contribution in [-0.4, -0.2) is 46.4 Å². The highest BCUT2D eigenvalue weighted by atomic mass is 16.5. The number of hydrogen-bond donors (Lipinski definition) is 3. The van der Waals surface area contributed by atoms with E-state index in [0.717, 1.165) is 35.6 Å². The van der Waals surface area contributed by atoms with Crippen molar-refractivity contribution in [3.8, 4) is 5.75 Å². The first-order valence-corrected chi connectivity index (χ1v) is 9.30. The van der Waals surface area contributed by atoms with E-state index in [1.54, 1.807) is 19.5 Å². The smallest absolute Gasteiger partial charge is 0.227 e. The van der Waals surface area contributed by atoms with Crippen molar-refractivity contribution >= 4 is 34.0 Å². The van der Waals surface area contributed by atoms with Gasteiger partial charge in [-0.3, -0.25) is 0 Å². The van der Waals surface area contributed by atoms with Gasteiger partial charge < -0.3 is 25.8 Å². The number of anilines is 4. The van der Waals surface area contributed by atoms with Gasteiger partial charge in [0.25, 0.3) is 0 Å². The lowest BCUT2D eigenvalue weighted by molar-refractivity contribution is 0.103. The number of aliphatic hydroxyl groups excluding tert-OH is 1. The maximum atomic E-state index is 10.3. The number of methoxy groups -OCH3 is 1. The van der Waals surface area contributed by atoms with Crippen molar-refractivity contribution in [1.29, 1.82) is 0 Å². The van der Waals surface area contributed by atoms with Gasteiger partial charge in [-0.05, 0) is 36.6 Å². The zero-order chi connectivity index (χ0) is 19.7. The Morgan fingerprint density at radius 2 is 2.00 bits per heavy atom. The normalized spacial score (nSPS) is 19.6. The second-order valence-electron chi connectivity index (χ2n) is 7.12. The molecule has 0 unspecified atom stereocenters. The van der Waals surface area contributed by atoms with Crippen LogP contribution in [0.3, 0.4) is 0 Å². The maximum Gasteiger partial charge on any atom is 0.227 e. The molecule has 1 saturated heterocycles. The van der Waals surface area contributed by atoms with Crippen LogP contribution in [0.4, 0.5) is 23.1 Å². The Morgan fingerprint density at radius 3 is 2.71 bits per heavy atom. The summed E-state index contributed by atoms with van der Waals surface area (Å²) in [6.45, 7) is 3.46. The van der Waals surface area contributed by atoms with E-state index in [0.29, 0.717) is 23.7 Å². The Morgan fingerprint density at radius 1 is 1.21 bits per heavy atom. The number of β-amino-alcohol motifs (C(OH)–C–C–N with tert-alkyl or cyclic N) is 1. The van der Waals surface area contributed by atoms with Gasteiger partial charge in [-0.25, -0.2) is 15.0 Å². The van der Waals surface area contributed by atoms with Gasteiger partial charge in [-0.2, -0.15) is 0 Å². The first-order valence-electron chi connectivity index (χ1n) is 9.30. The summed E-state index contributed by atoms with van der Waals surface area (Å²) in [6.07, 6.45) is 3.95. The van der Waals surface area contributed by atoms with E-state index in [9.17, 15) is 5.11 Å². The van der Waals surface area contributed by atoms with Crippen LogP contribution in [0.5, 0.6) is 5.75 Å². The number of piperidine rings is 1. The summed E-state index contributed by atoms with van der Waals surface area (Å²) in [5.41, 5.74) is 8.48. The third-order valence-corrected chi connectivity index (χ3v) is 5.24. The van der Waals surface area contributed by atoms with Crippen molar-refractivity contribution in [3.63, 3.8) is 0 Å². The van der Waals surface area contributed by atoms with Crippen molar-refractivity contribution in [1.82, 2.24) is 15.0 Å². The minimum Gasteiger partial charge on any atom is -0.497 e. The van der Waals surface area contributed by atoms with Crippen molar-refractivity contribution in [2.45, 2.75) is 19.4 Å². The number of hydrogen-bond acceptors (Lipinski definition) is 8. The summed E-state index contributed by atoms with van der Waals surface area (Å²) in [5.74, 6) is 1.92. The molecular weight excluding hydrogens is 356 g/mol. The van der Waals surface area contributed by atoms with Crippen LogP contribution in [0, 0.1) is 5.92 Å². The number of pyridine rings is 1. The molecule has 4 N–H and O–H groups in total. The van der Waals surface area contributed by atoms with Crippen LogP contribution >= 0.6 is 0 Å². The molecule has 8 heteroatoms. The molecule has 8 nitrogen and oxygen atoms in total. The zero-order valence-corrected chi connectivity index (χ0v) is 16.0. The van der Waals surface area contributed by atoms with E-state index in [1.165, 1.54) is 0 Å². The quantitative estimate of drug-likeness (QED) is 0.634. The zero-order valence-electron chi connectivity index (χ0n) is 16.0. The minimum atomic E-state index is -0.375. The van der Waals surface area contributed by atoms with Crippen molar-refractivity contribution in [2.24, 2.45) is 5.92 Å². The number of ether oxygens (including phenoxy) is 1. The number of benzene rings is 1. The summed E-state index contributed by atoms with van der Waals surface area (Å²) in [7, 11) is 1.63. The van der Waals surface area contributed by atoms with Gasteiger partial charge in [-0.15, -0.1) is 0 Å². The number of rotatable bonds is 4. The molecule has 3 aromatic rings. The summed E-state index contributed by atoms with van der Waals surface area (Å²) >= 11 is 0. The first-order chi connectivity index (χ1) is 13.5. The van der Waals surface area contributed by atoms with Crippen LogP contribution in [-0.2, 0) is 0 Å². The third-order valence-electron chi connectivity index (χ3n) is 5.24. The van der Waals surface area contributed by atoms with Gasteiger partial charge in [-0.1, -0.05) is 6.92 Å². The molecule has 2 atom stereocenters. The van der Waals surface area contributed by atoms with Gasteiger partial charge >= 0.3 is 0 Å². The SMILES string of the molecule is COc1ccc(Nc2ncc3c(N)ncc(N4CC[C@@H](C)[C@H](O)C4)c3n2)cc1. The third kappa shape index (κ3) is 3.50. The molecule has 1 aliphatic rings. The van der Waals surface area contributed by atoms with E-state index in [-0.39, 0.29) is 12.0 Å². The number of fused-ring (bicyclic) bond motifs is 1. The monoisotopic (exact) mass is 380 g/mol. The largest absolute Gasteiger partial charge is 0.497 e. The summed E-state index contributed by atoms with van der Waals surface area (Å²) in [6, 6.07) is 7.53. The van der Waals surface area contributed by atoms with Crippen LogP contribution in [0.25, 0.3) is 10.9 Å². The van der Waals surface area contributed by atoms with Crippen LogP contribution < -0.4 is 20.7 Å². The Hall–Kier alpha value is -3.13. The first kappa shape index (κ1) is 18.2. The minimum absolute atomic E-state index is 0.284.